The number of anilines is 1. The second-order valence-corrected chi connectivity index (χ2v) is 5.20. The van der Waals surface area contributed by atoms with Gasteiger partial charge in [0, 0.05) is 44.4 Å². The lowest BCUT2D eigenvalue weighted by molar-refractivity contribution is 0.0764. The van der Waals surface area contributed by atoms with Gasteiger partial charge in [-0.25, -0.2) is 9.97 Å². The van der Waals surface area contributed by atoms with E-state index in [0.29, 0.717) is 37.6 Å². The van der Waals surface area contributed by atoms with Gasteiger partial charge < -0.3 is 15.3 Å². The fraction of sp³-hybridized carbons (Fsp3) is 0.333. The molecule has 22 heavy (non-hydrogen) atoms. The number of aliphatic hydroxyl groups is 1. The number of β-amino-alcohol motifs (C(OH)–C–C–N with tert-alkyl or cyclic N) is 1. The third kappa shape index (κ3) is 3.37. The minimum atomic E-state index is -0.426. The van der Waals surface area contributed by atoms with E-state index in [4.69, 9.17) is 0 Å². The van der Waals surface area contributed by atoms with Gasteiger partial charge in [-0.3, -0.25) is 9.78 Å². The van der Waals surface area contributed by atoms with Crippen molar-refractivity contribution in [3.05, 3.63) is 48.0 Å². The lowest BCUT2D eigenvalue weighted by Gasteiger charge is -2.15. The van der Waals surface area contributed by atoms with Crippen LogP contribution in [0.1, 0.15) is 22.3 Å². The molecule has 0 spiro atoms. The second kappa shape index (κ2) is 6.48. The fourth-order valence-electron chi connectivity index (χ4n) is 2.32. The zero-order valence-electron chi connectivity index (χ0n) is 12.0. The number of hydrogen-bond donors (Lipinski definition) is 2. The topological polar surface area (TPSA) is 91.2 Å². The predicted octanol–water partition coefficient (Wildman–Crippen LogP) is 0.690. The van der Waals surface area contributed by atoms with Gasteiger partial charge in [0.2, 0.25) is 5.95 Å². The maximum absolute atomic E-state index is 12.2. The number of rotatable bonds is 4. The van der Waals surface area contributed by atoms with E-state index in [2.05, 4.69) is 20.3 Å². The average Bonchev–Trinajstić information content (AvgIpc) is 3.00. The first-order valence-corrected chi connectivity index (χ1v) is 7.14. The van der Waals surface area contributed by atoms with Crippen LogP contribution in [0.4, 0.5) is 5.95 Å². The molecule has 3 rings (SSSR count). The SMILES string of the molecule is O=C(c1cnc(NCc2cccnc2)nc1)N1CCC(O)C1. The van der Waals surface area contributed by atoms with Crippen molar-refractivity contribution in [2.24, 2.45) is 0 Å². The number of carbonyl (C=O) groups is 1. The first-order valence-electron chi connectivity index (χ1n) is 7.14. The first kappa shape index (κ1) is 14.4. The Balaban J connectivity index is 1.59. The normalized spacial score (nSPS) is 17.5. The van der Waals surface area contributed by atoms with E-state index in [-0.39, 0.29) is 5.91 Å². The Kier molecular flexibility index (Phi) is 4.24. The molecule has 1 unspecified atom stereocenters. The number of aromatic nitrogens is 3. The third-order valence-electron chi connectivity index (χ3n) is 3.52. The summed E-state index contributed by atoms with van der Waals surface area (Å²) in [5, 5.41) is 12.6. The van der Waals surface area contributed by atoms with Crippen LogP contribution in [0.15, 0.2) is 36.9 Å². The molecule has 3 heterocycles. The van der Waals surface area contributed by atoms with Crippen molar-refractivity contribution in [3.63, 3.8) is 0 Å². The highest BCUT2D eigenvalue weighted by molar-refractivity contribution is 5.93. The number of amides is 1. The van der Waals surface area contributed by atoms with Crippen LogP contribution in [0.5, 0.6) is 0 Å². The zero-order chi connectivity index (χ0) is 15.4. The van der Waals surface area contributed by atoms with Crippen molar-refractivity contribution in [2.75, 3.05) is 18.4 Å². The van der Waals surface area contributed by atoms with Crippen molar-refractivity contribution in [1.29, 1.82) is 0 Å². The van der Waals surface area contributed by atoms with E-state index in [9.17, 15) is 9.90 Å². The third-order valence-corrected chi connectivity index (χ3v) is 3.52. The molecule has 1 saturated heterocycles. The Morgan fingerprint density at radius 2 is 2.18 bits per heavy atom. The van der Waals surface area contributed by atoms with E-state index in [0.717, 1.165) is 5.56 Å². The van der Waals surface area contributed by atoms with E-state index < -0.39 is 6.10 Å². The number of pyridine rings is 1. The van der Waals surface area contributed by atoms with Crippen molar-refractivity contribution < 1.29 is 9.90 Å². The number of nitrogens with zero attached hydrogens (tertiary/aromatic N) is 4. The molecular weight excluding hydrogens is 282 g/mol. The van der Waals surface area contributed by atoms with E-state index >= 15 is 0 Å². The van der Waals surface area contributed by atoms with Crippen molar-refractivity contribution in [1.82, 2.24) is 19.9 Å². The molecular formula is C15H17N5O2. The van der Waals surface area contributed by atoms with Gasteiger partial charge in [0.15, 0.2) is 0 Å². The van der Waals surface area contributed by atoms with Crippen LogP contribution in [-0.4, -0.2) is 50.1 Å². The Morgan fingerprint density at radius 1 is 1.36 bits per heavy atom. The van der Waals surface area contributed by atoms with Crippen LogP contribution in [0.2, 0.25) is 0 Å². The summed E-state index contributed by atoms with van der Waals surface area (Å²) in [7, 11) is 0. The quantitative estimate of drug-likeness (QED) is 0.863. The van der Waals surface area contributed by atoms with Gasteiger partial charge in [0.05, 0.1) is 11.7 Å². The molecule has 1 atom stereocenters. The fourth-order valence-corrected chi connectivity index (χ4v) is 2.32. The highest BCUT2D eigenvalue weighted by atomic mass is 16.3. The molecule has 0 aromatic carbocycles. The molecule has 2 aromatic heterocycles. The second-order valence-electron chi connectivity index (χ2n) is 5.20. The largest absolute Gasteiger partial charge is 0.391 e. The van der Waals surface area contributed by atoms with Gasteiger partial charge in [-0.15, -0.1) is 0 Å². The Labute approximate surface area is 128 Å². The van der Waals surface area contributed by atoms with Crippen molar-refractivity contribution >= 4 is 11.9 Å². The van der Waals surface area contributed by atoms with Crippen LogP contribution in [0, 0.1) is 0 Å². The van der Waals surface area contributed by atoms with E-state index in [1.165, 1.54) is 12.4 Å². The molecule has 0 saturated carbocycles. The molecule has 7 nitrogen and oxygen atoms in total. The monoisotopic (exact) mass is 299 g/mol. The Bertz CT molecular complexity index is 632. The summed E-state index contributed by atoms with van der Waals surface area (Å²) < 4.78 is 0. The van der Waals surface area contributed by atoms with Crippen LogP contribution in [-0.2, 0) is 6.54 Å². The van der Waals surface area contributed by atoms with Crippen molar-refractivity contribution in [3.8, 4) is 0 Å². The molecule has 1 aliphatic rings. The van der Waals surface area contributed by atoms with Crippen LogP contribution >= 0.6 is 0 Å². The number of nitrogens with one attached hydrogen (secondary N) is 1. The number of carbonyl (C=O) groups excluding carboxylic acids is 1. The minimum Gasteiger partial charge on any atom is -0.391 e. The average molecular weight is 299 g/mol. The van der Waals surface area contributed by atoms with Crippen LogP contribution in [0.3, 0.4) is 0 Å². The minimum absolute atomic E-state index is 0.143. The summed E-state index contributed by atoms with van der Waals surface area (Å²) in [5.41, 5.74) is 1.46. The molecule has 7 heteroatoms. The van der Waals surface area contributed by atoms with Gasteiger partial charge >= 0.3 is 0 Å². The van der Waals surface area contributed by atoms with E-state index in [1.807, 2.05) is 12.1 Å². The van der Waals surface area contributed by atoms with Gasteiger partial charge in [-0.05, 0) is 18.1 Å². The molecule has 0 aliphatic carbocycles. The molecule has 114 valence electrons. The lowest BCUT2D eigenvalue weighted by atomic mass is 10.3. The van der Waals surface area contributed by atoms with Crippen molar-refractivity contribution in [2.45, 2.75) is 19.1 Å². The summed E-state index contributed by atoms with van der Waals surface area (Å²) in [6.45, 7) is 1.51. The smallest absolute Gasteiger partial charge is 0.257 e. The molecule has 0 bridgehead atoms. The van der Waals surface area contributed by atoms with E-state index in [1.54, 1.807) is 17.3 Å². The number of likely N-dealkylation sites (tertiary alicyclic amines) is 1. The summed E-state index contributed by atoms with van der Waals surface area (Å²) in [4.78, 5) is 26.1. The molecule has 2 N–H and O–H groups in total. The molecule has 1 amide bonds. The standard InChI is InChI=1S/C15H17N5O2/c21-13-3-5-20(10-13)14(22)12-8-18-15(19-9-12)17-7-11-2-1-4-16-6-11/h1-2,4,6,8-9,13,21H,3,5,7,10H2,(H,17,18,19). The Hall–Kier alpha value is -2.54. The molecule has 0 radical (unpaired) electrons. The summed E-state index contributed by atoms with van der Waals surface area (Å²) in [6.07, 6.45) is 6.69. The van der Waals surface area contributed by atoms with Gasteiger partial charge in [0.25, 0.3) is 5.91 Å². The highest BCUT2D eigenvalue weighted by Crippen LogP contribution is 2.13. The van der Waals surface area contributed by atoms with Gasteiger partial charge in [-0.2, -0.15) is 0 Å². The molecule has 2 aromatic rings. The van der Waals surface area contributed by atoms with Gasteiger partial charge in [-0.1, -0.05) is 6.07 Å². The highest BCUT2D eigenvalue weighted by Gasteiger charge is 2.25. The summed E-state index contributed by atoms with van der Waals surface area (Å²) in [5.74, 6) is 0.317. The summed E-state index contributed by atoms with van der Waals surface area (Å²) >= 11 is 0. The zero-order valence-corrected chi connectivity index (χ0v) is 12.0. The summed E-state index contributed by atoms with van der Waals surface area (Å²) in [6, 6.07) is 3.82. The maximum Gasteiger partial charge on any atom is 0.257 e. The Morgan fingerprint density at radius 3 is 2.82 bits per heavy atom. The molecule has 1 aliphatic heterocycles. The lowest BCUT2D eigenvalue weighted by Crippen LogP contribution is -2.29. The molecule has 1 fully saturated rings. The number of hydrogen-bond acceptors (Lipinski definition) is 6. The number of aliphatic hydroxyl groups excluding tert-OH is 1. The predicted molar refractivity (Wildman–Crippen MR) is 80.1 cm³/mol. The van der Waals surface area contributed by atoms with Gasteiger partial charge in [0.1, 0.15) is 0 Å². The maximum atomic E-state index is 12.2. The first-order chi connectivity index (χ1) is 10.7. The van der Waals surface area contributed by atoms with Crippen LogP contribution < -0.4 is 5.32 Å². The van der Waals surface area contributed by atoms with Crippen LogP contribution in [0.25, 0.3) is 0 Å².